The van der Waals surface area contributed by atoms with Crippen molar-refractivity contribution in [2.24, 2.45) is 0 Å². The number of hydrogen-bond donors (Lipinski definition) is 0. The molecule has 0 amide bonds. The Morgan fingerprint density at radius 3 is 1.03 bits per heavy atom. The monoisotopic (exact) mass is 884 g/mol. The molecule has 9 aromatic carbocycles. The molecule has 2 aliphatic heterocycles. The molecule has 0 atom stereocenters. The van der Waals surface area contributed by atoms with E-state index >= 15 is 0 Å². The van der Waals surface area contributed by atoms with E-state index in [1.807, 2.05) is 0 Å². The summed E-state index contributed by atoms with van der Waals surface area (Å²) in [6.07, 6.45) is 0. The van der Waals surface area contributed by atoms with Gasteiger partial charge in [-0.05, 0) is 83.9 Å². The zero-order valence-corrected chi connectivity index (χ0v) is 37.8. The van der Waals surface area contributed by atoms with E-state index in [0.29, 0.717) is 0 Å². The maximum Gasteiger partial charge on any atom is 0.127 e. The summed E-state index contributed by atoms with van der Waals surface area (Å²) in [7, 11) is 4.36. The summed E-state index contributed by atoms with van der Waals surface area (Å²) >= 11 is 3.49. The van der Waals surface area contributed by atoms with E-state index in [0.717, 1.165) is 121 Å². The second-order valence-electron chi connectivity index (χ2n) is 16.6. The van der Waals surface area contributed by atoms with Gasteiger partial charge in [-0.1, -0.05) is 133 Å². The van der Waals surface area contributed by atoms with E-state index < -0.39 is 0 Å². The summed E-state index contributed by atoms with van der Waals surface area (Å²) in [6, 6.07) is 74.2. The van der Waals surface area contributed by atoms with Crippen molar-refractivity contribution in [3.8, 4) is 43.4 Å². The molecule has 0 fully saturated rings. The Morgan fingerprint density at radius 2 is 0.621 bits per heavy atom. The largest absolute Gasteiger partial charge is 0.341 e. The highest BCUT2D eigenvalue weighted by molar-refractivity contribution is 7.22. The third-order valence-corrected chi connectivity index (χ3v) is 15.1. The molecule has 2 aliphatic rings. The van der Waals surface area contributed by atoms with Crippen molar-refractivity contribution in [1.29, 1.82) is 0 Å². The number of thiazole rings is 2. The Bertz CT molecular complexity index is 3510. The number of anilines is 10. The van der Waals surface area contributed by atoms with Crippen molar-refractivity contribution in [2.75, 3.05) is 33.7 Å². The molecule has 6 nitrogen and oxygen atoms in total. The maximum absolute atomic E-state index is 5.66. The third-order valence-electron chi connectivity index (χ3n) is 13.0. The first-order chi connectivity index (χ1) is 32.6. The average Bonchev–Trinajstić information content (AvgIpc) is 4.02. The van der Waals surface area contributed by atoms with Gasteiger partial charge in [-0.3, -0.25) is 0 Å². The molecule has 11 aromatic rings. The molecule has 314 valence electrons. The fraction of sp³-hybridized carbons (Fsp3) is 0.0345. The first kappa shape index (κ1) is 38.4. The van der Waals surface area contributed by atoms with Crippen LogP contribution in [0.1, 0.15) is 0 Å². The molecule has 0 spiro atoms. The smallest absolute Gasteiger partial charge is 0.127 e. The SMILES string of the molecule is CN1c2ccccc2N(c2c(-c3ccccc3)c(-c3ccccc3)c(-c3nc4ccccc4s3)c(-c3nc4ccccc4s3)c2N2c3ccccc3N(C)c3ccccc32)c2ccccc21. The minimum absolute atomic E-state index is 0.920. The Balaban J connectivity index is 1.34. The third kappa shape index (κ3) is 5.85. The van der Waals surface area contributed by atoms with Gasteiger partial charge in [-0.25, -0.2) is 9.97 Å². The molecule has 0 unspecified atom stereocenters. The Labute approximate surface area is 391 Å². The number of para-hydroxylation sites is 10. The van der Waals surface area contributed by atoms with Gasteiger partial charge in [0.1, 0.15) is 10.0 Å². The molecule has 0 aliphatic carbocycles. The zero-order valence-electron chi connectivity index (χ0n) is 36.1. The lowest BCUT2D eigenvalue weighted by molar-refractivity contribution is 1.11. The first-order valence-electron chi connectivity index (χ1n) is 22.1. The van der Waals surface area contributed by atoms with Crippen molar-refractivity contribution in [2.45, 2.75) is 0 Å². The maximum atomic E-state index is 5.66. The van der Waals surface area contributed by atoms with Crippen molar-refractivity contribution in [3.05, 3.63) is 206 Å². The van der Waals surface area contributed by atoms with Crippen LogP contribution in [0.2, 0.25) is 0 Å². The summed E-state index contributed by atoms with van der Waals surface area (Å²) in [5, 5.41) is 1.85. The van der Waals surface area contributed by atoms with Crippen molar-refractivity contribution in [3.63, 3.8) is 0 Å². The van der Waals surface area contributed by atoms with Gasteiger partial charge in [0.2, 0.25) is 0 Å². The van der Waals surface area contributed by atoms with Crippen LogP contribution < -0.4 is 19.6 Å². The van der Waals surface area contributed by atoms with Crippen molar-refractivity contribution in [1.82, 2.24) is 9.97 Å². The molecule has 0 radical (unpaired) electrons. The van der Waals surface area contributed by atoms with E-state index in [2.05, 4.69) is 240 Å². The number of rotatable bonds is 6. The fourth-order valence-corrected chi connectivity index (χ4v) is 12.1. The standard InChI is InChI=1S/C58H40N6S2/c1-61-41-27-11-15-31-45(41)63(46-32-16-12-28-42(46)61)55-52(38-23-7-4-8-24-38)51(37-21-5-3-6-22-37)53(57-59-39-25-9-19-35-49(39)65-57)54(58-60-40-26-10-20-36-50(40)66-58)56(55)64-47-33-17-13-29-43(47)62(2)44-30-14-18-34-48(44)64/h3-36H,1-2H3. The fourth-order valence-electron chi connectivity index (χ4n) is 10.1. The predicted molar refractivity (Wildman–Crippen MR) is 280 cm³/mol. The van der Waals surface area contributed by atoms with Gasteiger partial charge in [0.25, 0.3) is 0 Å². The Hall–Kier alpha value is -8.04. The van der Waals surface area contributed by atoms with E-state index in [9.17, 15) is 0 Å². The van der Waals surface area contributed by atoms with Crippen LogP contribution in [0.15, 0.2) is 206 Å². The summed E-state index contributed by atoms with van der Waals surface area (Å²) in [6.45, 7) is 0. The van der Waals surface area contributed by atoms with Crippen molar-refractivity contribution < 1.29 is 0 Å². The molecule has 66 heavy (non-hydrogen) atoms. The van der Waals surface area contributed by atoms with E-state index in [-0.39, 0.29) is 0 Å². The second kappa shape index (κ2) is 15.3. The molecule has 4 heterocycles. The Morgan fingerprint density at radius 1 is 0.303 bits per heavy atom. The zero-order chi connectivity index (χ0) is 43.9. The van der Waals surface area contributed by atoms with Gasteiger partial charge in [0.15, 0.2) is 0 Å². The highest BCUT2D eigenvalue weighted by Gasteiger charge is 2.41. The highest BCUT2D eigenvalue weighted by Crippen LogP contribution is 2.65. The summed E-state index contributed by atoms with van der Waals surface area (Å²) < 4.78 is 2.25. The van der Waals surface area contributed by atoms with E-state index in [1.54, 1.807) is 22.7 Å². The minimum Gasteiger partial charge on any atom is -0.341 e. The molecule has 0 saturated heterocycles. The van der Waals surface area contributed by atoms with Gasteiger partial charge in [-0.15, -0.1) is 22.7 Å². The van der Waals surface area contributed by atoms with E-state index in [4.69, 9.17) is 9.97 Å². The molecule has 2 aromatic heterocycles. The molecule has 0 bridgehead atoms. The van der Waals surface area contributed by atoms with Crippen LogP contribution in [0, 0.1) is 0 Å². The van der Waals surface area contributed by atoms with Crippen LogP contribution in [-0.2, 0) is 0 Å². The minimum atomic E-state index is 0.920. The topological polar surface area (TPSA) is 38.7 Å². The van der Waals surface area contributed by atoms with Crippen LogP contribution in [0.3, 0.4) is 0 Å². The summed E-state index contributed by atoms with van der Waals surface area (Å²) in [5.74, 6) is 0. The lowest BCUT2D eigenvalue weighted by Crippen LogP contribution is -2.28. The molecule has 13 rings (SSSR count). The second-order valence-corrected chi connectivity index (χ2v) is 18.7. The molecular weight excluding hydrogens is 845 g/mol. The van der Waals surface area contributed by atoms with Crippen LogP contribution in [0.4, 0.5) is 56.9 Å². The van der Waals surface area contributed by atoms with Crippen LogP contribution in [0.25, 0.3) is 63.8 Å². The van der Waals surface area contributed by atoms with Gasteiger partial charge in [0, 0.05) is 36.3 Å². The van der Waals surface area contributed by atoms with E-state index in [1.165, 1.54) is 0 Å². The lowest BCUT2D eigenvalue weighted by Gasteiger charge is -2.45. The molecular formula is C58H40N6S2. The first-order valence-corrected chi connectivity index (χ1v) is 23.8. The number of hydrogen-bond acceptors (Lipinski definition) is 8. The number of nitrogens with zero attached hydrogens (tertiary/aromatic N) is 6. The number of benzene rings is 9. The predicted octanol–water partition coefficient (Wildman–Crippen LogP) is 16.7. The highest BCUT2D eigenvalue weighted by atomic mass is 32.1. The quantitative estimate of drug-likeness (QED) is 0.166. The van der Waals surface area contributed by atoms with Gasteiger partial charge < -0.3 is 19.6 Å². The van der Waals surface area contributed by atoms with Crippen LogP contribution in [0.5, 0.6) is 0 Å². The van der Waals surface area contributed by atoms with Gasteiger partial charge in [0.05, 0.1) is 77.3 Å². The lowest BCUT2D eigenvalue weighted by atomic mass is 9.83. The normalized spacial score (nSPS) is 12.9. The molecule has 8 heteroatoms. The van der Waals surface area contributed by atoms with Crippen molar-refractivity contribution >= 4 is 100.0 Å². The van der Waals surface area contributed by atoms with Crippen LogP contribution in [-0.4, -0.2) is 24.1 Å². The van der Waals surface area contributed by atoms with Gasteiger partial charge >= 0.3 is 0 Å². The summed E-state index contributed by atoms with van der Waals surface area (Å²) in [5.41, 5.74) is 19.2. The van der Waals surface area contributed by atoms with Crippen LogP contribution >= 0.6 is 22.7 Å². The number of fused-ring (bicyclic) bond motifs is 6. The molecule has 0 N–H and O–H groups in total. The number of aromatic nitrogens is 2. The average molecular weight is 885 g/mol. The summed E-state index contributed by atoms with van der Waals surface area (Å²) in [4.78, 5) is 21.0. The van der Waals surface area contributed by atoms with Gasteiger partial charge in [-0.2, -0.15) is 0 Å². The Kier molecular flexibility index (Phi) is 8.91. The molecule has 0 saturated carbocycles.